The lowest BCUT2D eigenvalue weighted by Gasteiger charge is -2.13. The number of aromatic nitrogens is 3. The summed E-state index contributed by atoms with van der Waals surface area (Å²) in [4.78, 5) is 9.82. The summed E-state index contributed by atoms with van der Waals surface area (Å²) in [5.41, 5.74) is 6.96. The van der Waals surface area contributed by atoms with Crippen LogP contribution in [0.1, 0.15) is 0 Å². The molecule has 9 heteroatoms. The Labute approximate surface area is 270 Å². The second kappa shape index (κ2) is 12.6. The normalized spacial score (nSPS) is 11.1. The molecule has 3 aromatic heterocycles. The summed E-state index contributed by atoms with van der Waals surface area (Å²) in [7, 11) is 0. The quantitative estimate of drug-likeness (QED) is 0.133. The van der Waals surface area contributed by atoms with E-state index in [2.05, 4.69) is 15.0 Å². The fourth-order valence-corrected chi connectivity index (χ4v) is 5.54. The van der Waals surface area contributed by atoms with E-state index in [1.165, 1.54) is 18.2 Å². The predicted octanol–water partition coefficient (Wildman–Crippen LogP) is 10.7. The molecule has 7 rings (SSSR count). The van der Waals surface area contributed by atoms with Gasteiger partial charge in [0.1, 0.15) is 0 Å². The number of pyridine rings is 3. The number of rotatable bonds is 6. The zero-order valence-electron chi connectivity index (χ0n) is 24.7. The van der Waals surface area contributed by atoms with E-state index in [0.717, 1.165) is 51.6 Å². The molecule has 0 aliphatic rings. The molecule has 0 aliphatic heterocycles. The van der Waals surface area contributed by atoms with Gasteiger partial charge in [0.15, 0.2) is 0 Å². The molecule has 0 unspecified atom stereocenters. The maximum absolute atomic E-state index is 14.4. The van der Waals surface area contributed by atoms with Gasteiger partial charge in [-0.25, -0.2) is 0 Å². The first kappa shape index (κ1) is 30.6. The third kappa shape index (κ3) is 6.18. The molecule has 3 heterocycles. The average Bonchev–Trinajstić information content (AvgIpc) is 3.08. The molecule has 48 heavy (non-hydrogen) atoms. The van der Waals surface area contributed by atoms with Gasteiger partial charge in [0, 0.05) is 16.7 Å². The standard InChI is InChI=1S/C39H21F6N3/c40-34-16-13-31(37(43)46-34)25-7-1-22(2-8-25)28-19-29(23-3-9-26(10-4-23)32-14-17-35(41)47-38(32)44)21-30(20-28)24-5-11-27(12-6-24)33-15-18-36(42)48-39(33)45/h1-21H. The van der Waals surface area contributed by atoms with Crippen molar-refractivity contribution in [3.63, 3.8) is 0 Å². The van der Waals surface area contributed by atoms with Gasteiger partial charge in [-0.2, -0.15) is 41.3 Å². The Bertz CT molecular complexity index is 2020. The molecule has 0 aliphatic carbocycles. The van der Waals surface area contributed by atoms with E-state index < -0.39 is 35.7 Å². The van der Waals surface area contributed by atoms with Crippen molar-refractivity contribution >= 4 is 0 Å². The van der Waals surface area contributed by atoms with Crippen LogP contribution in [0.4, 0.5) is 26.3 Å². The smallest absolute Gasteiger partial charge is 0.190 e. The lowest BCUT2D eigenvalue weighted by Crippen LogP contribution is -1.93. The molecule has 0 N–H and O–H groups in total. The van der Waals surface area contributed by atoms with E-state index in [1.807, 2.05) is 54.6 Å². The van der Waals surface area contributed by atoms with Gasteiger partial charge in [-0.3, -0.25) is 0 Å². The van der Waals surface area contributed by atoms with Gasteiger partial charge < -0.3 is 0 Å². The monoisotopic (exact) mass is 645 g/mol. The molecule has 0 radical (unpaired) electrons. The second-order valence-corrected chi connectivity index (χ2v) is 10.9. The van der Waals surface area contributed by atoms with Crippen LogP contribution in [0.2, 0.25) is 0 Å². The van der Waals surface area contributed by atoms with Gasteiger partial charge in [0.05, 0.1) is 0 Å². The van der Waals surface area contributed by atoms with E-state index in [9.17, 15) is 26.3 Å². The van der Waals surface area contributed by atoms with Crippen molar-refractivity contribution in [3.05, 3.63) is 163 Å². The van der Waals surface area contributed by atoms with Crippen molar-refractivity contribution < 1.29 is 26.3 Å². The fourth-order valence-electron chi connectivity index (χ4n) is 5.54. The molecule has 3 nitrogen and oxygen atoms in total. The van der Waals surface area contributed by atoms with Crippen LogP contribution in [-0.4, -0.2) is 15.0 Å². The molecular weight excluding hydrogens is 624 g/mol. The molecule has 0 saturated carbocycles. The first-order valence-electron chi connectivity index (χ1n) is 14.7. The maximum atomic E-state index is 14.4. The SMILES string of the molecule is Fc1ccc(-c2ccc(-c3cc(-c4ccc(-c5ccc(F)nc5F)cc4)cc(-c4ccc(-c5ccc(F)nc5F)cc4)c3)cc2)c(F)n1. The van der Waals surface area contributed by atoms with E-state index in [-0.39, 0.29) is 16.7 Å². The van der Waals surface area contributed by atoms with E-state index in [0.29, 0.717) is 16.7 Å². The summed E-state index contributed by atoms with van der Waals surface area (Å²) in [6.07, 6.45) is 0. The van der Waals surface area contributed by atoms with Gasteiger partial charge in [-0.15, -0.1) is 0 Å². The summed E-state index contributed by atoms with van der Waals surface area (Å²) >= 11 is 0. The maximum Gasteiger partial charge on any atom is 0.223 e. The molecule has 0 atom stereocenters. The molecule has 0 bridgehead atoms. The molecule has 0 saturated heterocycles. The highest BCUT2D eigenvalue weighted by Crippen LogP contribution is 2.36. The van der Waals surface area contributed by atoms with Crippen molar-refractivity contribution in [2.24, 2.45) is 0 Å². The summed E-state index contributed by atoms with van der Waals surface area (Å²) in [6, 6.07) is 34.5. The van der Waals surface area contributed by atoms with Crippen LogP contribution in [0.3, 0.4) is 0 Å². The number of hydrogen-bond acceptors (Lipinski definition) is 3. The molecule has 0 amide bonds. The third-order valence-electron chi connectivity index (χ3n) is 7.96. The van der Waals surface area contributed by atoms with Gasteiger partial charge in [-0.05, 0) is 105 Å². The highest BCUT2D eigenvalue weighted by molar-refractivity contribution is 5.83. The summed E-state index contributed by atoms with van der Waals surface area (Å²) < 4.78 is 83.2. The topological polar surface area (TPSA) is 38.7 Å². The zero-order valence-corrected chi connectivity index (χ0v) is 24.7. The Balaban J connectivity index is 1.29. The minimum Gasteiger partial charge on any atom is -0.190 e. The molecular formula is C39H21F6N3. The summed E-state index contributed by atoms with van der Waals surface area (Å²) in [5.74, 6) is -5.45. The van der Waals surface area contributed by atoms with Crippen LogP contribution in [0.5, 0.6) is 0 Å². The van der Waals surface area contributed by atoms with Crippen LogP contribution >= 0.6 is 0 Å². The zero-order chi connectivity index (χ0) is 33.4. The largest absolute Gasteiger partial charge is 0.223 e. The van der Waals surface area contributed by atoms with Gasteiger partial charge >= 0.3 is 0 Å². The van der Waals surface area contributed by atoms with Crippen molar-refractivity contribution in [2.45, 2.75) is 0 Å². The Morgan fingerprint density at radius 3 is 0.708 bits per heavy atom. The second-order valence-electron chi connectivity index (χ2n) is 10.9. The first-order valence-corrected chi connectivity index (χ1v) is 14.7. The Morgan fingerprint density at radius 2 is 0.479 bits per heavy atom. The molecule has 0 fully saturated rings. The number of halogens is 6. The van der Waals surface area contributed by atoms with E-state index in [1.54, 1.807) is 36.4 Å². The lowest BCUT2D eigenvalue weighted by atomic mass is 9.91. The van der Waals surface area contributed by atoms with Crippen LogP contribution in [0.25, 0.3) is 66.8 Å². The summed E-state index contributed by atoms with van der Waals surface area (Å²) in [6.45, 7) is 0. The molecule has 4 aromatic carbocycles. The third-order valence-corrected chi connectivity index (χ3v) is 7.96. The van der Waals surface area contributed by atoms with Gasteiger partial charge in [0.25, 0.3) is 0 Å². The average molecular weight is 646 g/mol. The van der Waals surface area contributed by atoms with Crippen molar-refractivity contribution in [3.8, 4) is 66.8 Å². The lowest BCUT2D eigenvalue weighted by molar-refractivity contribution is 0.514. The number of hydrogen-bond donors (Lipinski definition) is 0. The Kier molecular flexibility index (Phi) is 8.02. The van der Waals surface area contributed by atoms with Crippen LogP contribution in [-0.2, 0) is 0 Å². The van der Waals surface area contributed by atoms with E-state index >= 15 is 0 Å². The molecule has 234 valence electrons. The Morgan fingerprint density at radius 1 is 0.250 bits per heavy atom. The summed E-state index contributed by atoms with van der Waals surface area (Å²) in [5, 5.41) is 0. The first-order chi connectivity index (χ1) is 23.2. The van der Waals surface area contributed by atoms with Crippen LogP contribution < -0.4 is 0 Å². The highest BCUT2D eigenvalue weighted by Gasteiger charge is 2.13. The number of benzene rings is 4. The van der Waals surface area contributed by atoms with Crippen LogP contribution in [0, 0.1) is 35.7 Å². The highest BCUT2D eigenvalue weighted by atomic mass is 19.2. The molecule has 7 aromatic rings. The van der Waals surface area contributed by atoms with Crippen molar-refractivity contribution in [1.29, 1.82) is 0 Å². The van der Waals surface area contributed by atoms with E-state index in [4.69, 9.17) is 0 Å². The minimum absolute atomic E-state index is 0.165. The van der Waals surface area contributed by atoms with Gasteiger partial charge in [-0.1, -0.05) is 72.8 Å². The molecule has 0 spiro atoms. The van der Waals surface area contributed by atoms with Crippen molar-refractivity contribution in [1.82, 2.24) is 15.0 Å². The van der Waals surface area contributed by atoms with Crippen molar-refractivity contribution in [2.75, 3.05) is 0 Å². The minimum atomic E-state index is -0.911. The van der Waals surface area contributed by atoms with Gasteiger partial charge in [0.2, 0.25) is 35.7 Å². The number of nitrogens with zero attached hydrogens (tertiary/aromatic N) is 3. The fraction of sp³-hybridized carbons (Fsp3) is 0. The Hall–Kier alpha value is -6.09. The van der Waals surface area contributed by atoms with Crippen LogP contribution in [0.15, 0.2) is 127 Å². The predicted molar refractivity (Wildman–Crippen MR) is 172 cm³/mol.